The number of aryl methyl sites for hydroxylation is 1. The van der Waals surface area contributed by atoms with Crippen LogP contribution in [0.5, 0.6) is 0 Å². The summed E-state index contributed by atoms with van der Waals surface area (Å²) < 4.78 is 0. The molecule has 0 aliphatic heterocycles. The van der Waals surface area contributed by atoms with E-state index in [1.54, 1.807) is 6.07 Å². The average molecular weight is 364 g/mol. The number of hydrogen-bond acceptors (Lipinski definition) is 8. The Bertz CT molecular complexity index is 937. The number of rotatable bonds is 7. The fourth-order valence-electron chi connectivity index (χ4n) is 2.33. The predicted octanol–water partition coefficient (Wildman–Crippen LogP) is 3.72. The first kappa shape index (κ1) is 19.5. The Hall–Kier alpha value is -3.82. The third kappa shape index (κ3) is 4.63. The first-order valence-corrected chi connectivity index (χ1v) is 8.06. The molecule has 0 spiro atoms. The summed E-state index contributed by atoms with van der Waals surface area (Å²) in [7, 11) is 0. The zero-order valence-corrected chi connectivity index (χ0v) is 14.5. The normalized spacial score (nSPS) is 10.4. The first-order valence-electron chi connectivity index (χ1n) is 8.06. The number of non-ortho nitro benzene ring substituents is 1. The second kappa shape index (κ2) is 9.04. The van der Waals surface area contributed by atoms with Crippen molar-refractivity contribution in [3.63, 3.8) is 0 Å². The van der Waals surface area contributed by atoms with E-state index in [0.717, 1.165) is 24.1 Å². The van der Waals surface area contributed by atoms with Gasteiger partial charge in [-0.1, -0.05) is 13.0 Å². The summed E-state index contributed by atoms with van der Waals surface area (Å²) in [6, 6.07) is 11.2. The maximum atomic E-state index is 10.9. The van der Waals surface area contributed by atoms with E-state index in [2.05, 4.69) is 15.5 Å². The quantitative estimate of drug-likeness (QED) is 0.434. The summed E-state index contributed by atoms with van der Waals surface area (Å²) in [5, 5.41) is 49.6. The minimum absolute atomic E-state index is 0.0294. The number of aliphatic hydroxyl groups is 1. The molecule has 0 bridgehead atoms. The Labute approximate surface area is 155 Å². The van der Waals surface area contributed by atoms with E-state index in [1.807, 2.05) is 31.2 Å². The van der Waals surface area contributed by atoms with Gasteiger partial charge in [0.15, 0.2) is 0 Å². The van der Waals surface area contributed by atoms with Crippen molar-refractivity contribution in [3.05, 3.63) is 57.1 Å². The number of azo groups is 1. The van der Waals surface area contributed by atoms with Crippen LogP contribution in [-0.4, -0.2) is 23.2 Å². The number of nitro benzene ring substituents is 1. The van der Waals surface area contributed by atoms with Gasteiger partial charge in [-0.2, -0.15) is 10.5 Å². The highest BCUT2D eigenvalue weighted by Gasteiger charge is 2.17. The molecule has 0 saturated carbocycles. The van der Waals surface area contributed by atoms with Gasteiger partial charge in [-0.3, -0.25) is 10.1 Å². The Balaban J connectivity index is 2.51. The lowest BCUT2D eigenvalue weighted by Crippen LogP contribution is -2.05. The van der Waals surface area contributed by atoms with E-state index in [-0.39, 0.29) is 29.1 Å². The van der Waals surface area contributed by atoms with Crippen molar-refractivity contribution in [2.75, 3.05) is 18.5 Å². The number of anilines is 1. The fraction of sp³-hybridized carbons (Fsp3) is 0.222. The molecule has 9 heteroatoms. The largest absolute Gasteiger partial charge is 0.395 e. The van der Waals surface area contributed by atoms with Gasteiger partial charge >= 0.3 is 0 Å². The highest BCUT2D eigenvalue weighted by atomic mass is 16.6. The third-order valence-corrected chi connectivity index (χ3v) is 3.70. The minimum Gasteiger partial charge on any atom is -0.395 e. The van der Waals surface area contributed by atoms with Crippen molar-refractivity contribution < 1.29 is 10.0 Å². The molecule has 0 aromatic heterocycles. The Morgan fingerprint density at radius 2 is 1.85 bits per heavy atom. The van der Waals surface area contributed by atoms with Crippen LogP contribution in [0.15, 0.2) is 40.6 Å². The van der Waals surface area contributed by atoms with Gasteiger partial charge in [-0.05, 0) is 24.1 Å². The van der Waals surface area contributed by atoms with Crippen LogP contribution in [-0.2, 0) is 6.42 Å². The molecule has 0 saturated heterocycles. The molecule has 0 fully saturated rings. The lowest BCUT2D eigenvalue weighted by molar-refractivity contribution is -0.384. The molecular weight excluding hydrogens is 348 g/mol. The maximum Gasteiger partial charge on any atom is 0.272 e. The molecule has 0 atom stereocenters. The highest BCUT2D eigenvalue weighted by Crippen LogP contribution is 2.33. The number of benzene rings is 2. The molecule has 0 aliphatic rings. The number of hydrogen-bond donors (Lipinski definition) is 2. The summed E-state index contributed by atoms with van der Waals surface area (Å²) in [6.07, 6.45) is 0.810. The van der Waals surface area contributed by atoms with Crippen molar-refractivity contribution in [1.82, 2.24) is 0 Å². The van der Waals surface area contributed by atoms with Crippen molar-refractivity contribution in [2.45, 2.75) is 13.3 Å². The monoisotopic (exact) mass is 364 g/mol. The topological polar surface area (TPSA) is 148 Å². The van der Waals surface area contributed by atoms with Crippen molar-refractivity contribution in [2.24, 2.45) is 10.2 Å². The Kier molecular flexibility index (Phi) is 6.53. The van der Waals surface area contributed by atoms with Crippen LogP contribution in [0.1, 0.15) is 23.6 Å². The lowest BCUT2D eigenvalue weighted by Gasteiger charge is -2.09. The Morgan fingerprint density at radius 3 is 2.37 bits per heavy atom. The van der Waals surface area contributed by atoms with Crippen LogP contribution < -0.4 is 5.32 Å². The second-order valence-corrected chi connectivity index (χ2v) is 5.43. The van der Waals surface area contributed by atoms with Gasteiger partial charge in [0.1, 0.15) is 23.5 Å². The lowest BCUT2D eigenvalue weighted by atomic mass is 10.1. The molecule has 136 valence electrons. The highest BCUT2D eigenvalue weighted by molar-refractivity contribution is 5.69. The van der Waals surface area contributed by atoms with Gasteiger partial charge in [0, 0.05) is 18.7 Å². The van der Waals surface area contributed by atoms with Gasteiger partial charge in [0.05, 0.1) is 28.3 Å². The van der Waals surface area contributed by atoms with Crippen molar-refractivity contribution in [1.29, 1.82) is 10.5 Å². The van der Waals surface area contributed by atoms with E-state index in [0.29, 0.717) is 17.9 Å². The Morgan fingerprint density at radius 1 is 1.19 bits per heavy atom. The van der Waals surface area contributed by atoms with Crippen molar-refractivity contribution >= 4 is 22.7 Å². The first-order chi connectivity index (χ1) is 13.0. The number of nitro groups is 1. The number of aliphatic hydroxyl groups excluding tert-OH is 1. The van der Waals surface area contributed by atoms with Crippen molar-refractivity contribution in [3.8, 4) is 12.1 Å². The number of nitriles is 2. The minimum atomic E-state index is -0.678. The molecule has 2 rings (SSSR count). The summed E-state index contributed by atoms with van der Waals surface area (Å²) in [6.45, 7) is 2.26. The molecule has 0 heterocycles. The van der Waals surface area contributed by atoms with Gasteiger partial charge in [0.25, 0.3) is 5.69 Å². The molecule has 9 nitrogen and oxygen atoms in total. The van der Waals surface area contributed by atoms with Crippen LogP contribution in [0.4, 0.5) is 22.7 Å². The van der Waals surface area contributed by atoms with E-state index >= 15 is 0 Å². The molecule has 2 aromatic carbocycles. The second-order valence-electron chi connectivity index (χ2n) is 5.43. The number of nitrogens with one attached hydrogen (secondary N) is 1. The molecule has 0 unspecified atom stereocenters. The van der Waals surface area contributed by atoms with E-state index in [9.17, 15) is 20.6 Å². The van der Waals surface area contributed by atoms with Crippen LogP contribution in [0, 0.1) is 32.8 Å². The summed E-state index contributed by atoms with van der Waals surface area (Å²) in [4.78, 5) is 10.3. The molecule has 0 amide bonds. The third-order valence-electron chi connectivity index (χ3n) is 3.70. The number of nitrogens with zero attached hydrogens (tertiary/aromatic N) is 5. The van der Waals surface area contributed by atoms with E-state index < -0.39 is 4.92 Å². The average Bonchev–Trinajstić information content (AvgIpc) is 2.69. The zero-order chi connectivity index (χ0) is 19.8. The van der Waals surface area contributed by atoms with E-state index in [1.165, 1.54) is 0 Å². The smallest absolute Gasteiger partial charge is 0.272 e. The van der Waals surface area contributed by atoms with Gasteiger partial charge in [-0.15, -0.1) is 10.2 Å². The summed E-state index contributed by atoms with van der Waals surface area (Å²) in [5.41, 5.74) is 1.54. The molecule has 27 heavy (non-hydrogen) atoms. The van der Waals surface area contributed by atoms with Crippen LogP contribution >= 0.6 is 0 Å². The molecule has 0 radical (unpaired) electrons. The maximum absolute atomic E-state index is 10.9. The molecule has 0 aliphatic carbocycles. The molecule has 2 N–H and O–H groups in total. The van der Waals surface area contributed by atoms with E-state index in [4.69, 9.17) is 5.11 Å². The molecule has 2 aromatic rings. The van der Waals surface area contributed by atoms with Crippen LogP contribution in [0.3, 0.4) is 0 Å². The van der Waals surface area contributed by atoms with Crippen LogP contribution in [0.25, 0.3) is 0 Å². The fourth-order valence-corrected chi connectivity index (χ4v) is 2.33. The molecular formula is C18H16N6O3. The zero-order valence-electron chi connectivity index (χ0n) is 14.5. The predicted molar refractivity (Wildman–Crippen MR) is 98.1 cm³/mol. The van der Waals surface area contributed by atoms with Gasteiger partial charge < -0.3 is 10.4 Å². The standard InChI is InChI=1S/C18H16N6O3/c1-2-12-3-4-16(17(7-12)21-5-6-25)22-23-18-13(10-19)8-15(24(26)27)9-14(18)11-20/h3-4,7-9,21,25H,2,5-6H2,1H3. The van der Waals surface area contributed by atoms with Gasteiger partial charge in [-0.25, -0.2) is 0 Å². The van der Waals surface area contributed by atoms with Crippen LogP contribution in [0.2, 0.25) is 0 Å². The summed E-state index contributed by atoms with van der Waals surface area (Å²) in [5.74, 6) is 0. The van der Waals surface area contributed by atoms with Gasteiger partial charge in [0.2, 0.25) is 0 Å². The SMILES string of the molecule is CCc1ccc(N=Nc2c(C#N)cc([N+](=O)[O-])cc2C#N)c(NCCO)c1. The summed E-state index contributed by atoms with van der Waals surface area (Å²) >= 11 is 0.